The molecule has 2 fully saturated rings. The first-order valence-electron chi connectivity index (χ1n) is 9.57. The molecule has 1 unspecified atom stereocenters. The fraction of sp³-hybridized carbons (Fsp3) is 0.632. The molecule has 0 radical (unpaired) electrons. The number of carbonyl (C=O) groups excluding carboxylic acids is 1. The number of hydrogen-bond acceptors (Lipinski definition) is 6. The molecule has 0 aliphatic carbocycles. The second kappa shape index (κ2) is 8.14. The normalized spacial score (nSPS) is 22.0. The van der Waals surface area contributed by atoms with Gasteiger partial charge in [0.15, 0.2) is 0 Å². The van der Waals surface area contributed by atoms with Crippen LogP contribution in [0.2, 0.25) is 0 Å². The number of piperidine rings is 1. The summed E-state index contributed by atoms with van der Waals surface area (Å²) in [6.07, 6.45) is 4.07. The molecule has 0 saturated carbocycles. The molecule has 7 heteroatoms. The van der Waals surface area contributed by atoms with Gasteiger partial charge in [-0.1, -0.05) is 6.07 Å². The molecule has 1 amide bonds. The van der Waals surface area contributed by atoms with Gasteiger partial charge < -0.3 is 9.64 Å². The summed E-state index contributed by atoms with van der Waals surface area (Å²) in [6.45, 7) is 5.93. The van der Waals surface area contributed by atoms with Crippen molar-refractivity contribution in [3.05, 3.63) is 23.8 Å². The van der Waals surface area contributed by atoms with Gasteiger partial charge in [0, 0.05) is 32.6 Å². The largest absolute Gasteiger partial charge is 0.378 e. The Morgan fingerprint density at radius 2 is 2.00 bits per heavy atom. The number of rotatable bonds is 5. The van der Waals surface area contributed by atoms with Crippen LogP contribution in [0.3, 0.4) is 0 Å². The summed E-state index contributed by atoms with van der Waals surface area (Å²) in [5, 5.41) is 7.78. The smallest absolute Gasteiger partial charge is 0.222 e. The van der Waals surface area contributed by atoms with Gasteiger partial charge in [-0.25, -0.2) is 4.63 Å². The van der Waals surface area contributed by atoms with Crippen molar-refractivity contribution < 1.29 is 14.2 Å². The van der Waals surface area contributed by atoms with Gasteiger partial charge in [0.2, 0.25) is 5.91 Å². The molecule has 3 heterocycles. The quantitative estimate of drug-likeness (QED) is 0.815. The lowest BCUT2D eigenvalue weighted by Crippen LogP contribution is -2.41. The summed E-state index contributed by atoms with van der Waals surface area (Å²) < 4.78 is 10.1. The highest BCUT2D eigenvalue weighted by Gasteiger charge is 2.23. The van der Waals surface area contributed by atoms with E-state index >= 15 is 0 Å². The summed E-state index contributed by atoms with van der Waals surface area (Å²) in [7, 11) is 0. The number of morpholine rings is 1. The third-order valence-electron chi connectivity index (χ3n) is 5.46. The lowest BCUT2D eigenvalue weighted by atomic mass is 9.92. The van der Waals surface area contributed by atoms with Crippen LogP contribution in [0.4, 0.5) is 0 Å². The van der Waals surface area contributed by atoms with Gasteiger partial charge in [0.05, 0.1) is 13.2 Å². The number of carbonyl (C=O) groups is 1. The van der Waals surface area contributed by atoms with Crippen molar-refractivity contribution in [1.82, 2.24) is 20.1 Å². The van der Waals surface area contributed by atoms with Gasteiger partial charge >= 0.3 is 0 Å². The Balaban J connectivity index is 1.27. The molecule has 7 nitrogen and oxygen atoms in total. The SMILES string of the molecule is O=C(CCC1CCCN(Cc2ccc3nonc3c2)C1)N1CCOCC1. The van der Waals surface area contributed by atoms with E-state index in [2.05, 4.69) is 27.3 Å². The van der Waals surface area contributed by atoms with E-state index in [1.54, 1.807) is 0 Å². The van der Waals surface area contributed by atoms with Crippen LogP contribution >= 0.6 is 0 Å². The predicted molar refractivity (Wildman–Crippen MR) is 96.4 cm³/mol. The third-order valence-corrected chi connectivity index (χ3v) is 5.46. The third kappa shape index (κ3) is 4.22. The molecule has 0 spiro atoms. The van der Waals surface area contributed by atoms with Crippen LogP contribution in [0.15, 0.2) is 22.8 Å². The fourth-order valence-corrected chi connectivity index (χ4v) is 4.01. The van der Waals surface area contributed by atoms with Crippen molar-refractivity contribution in [2.45, 2.75) is 32.2 Å². The Labute approximate surface area is 153 Å². The molecule has 0 N–H and O–H groups in total. The van der Waals surface area contributed by atoms with Crippen molar-refractivity contribution in [3.63, 3.8) is 0 Å². The molecule has 0 bridgehead atoms. The van der Waals surface area contributed by atoms with Crippen LogP contribution in [0.25, 0.3) is 11.0 Å². The van der Waals surface area contributed by atoms with Gasteiger partial charge in [0.1, 0.15) is 11.0 Å². The standard InChI is InChI=1S/C19H26N4O3/c24-19(23-8-10-25-11-9-23)6-4-15-2-1-7-22(13-15)14-16-3-5-17-18(12-16)21-26-20-17/h3,5,12,15H,1-2,4,6-11,13-14H2. The second-order valence-corrected chi connectivity index (χ2v) is 7.36. The van der Waals surface area contributed by atoms with Crippen LogP contribution < -0.4 is 0 Å². The van der Waals surface area contributed by atoms with Gasteiger partial charge in [-0.05, 0) is 59.7 Å². The van der Waals surface area contributed by atoms with E-state index < -0.39 is 0 Å². The van der Waals surface area contributed by atoms with E-state index in [0.29, 0.717) is 25.6 Å². The number of hydrogen-bond donors (Lipinski definition) is 0. The maximum atomic E-state index is 12.3. The van der Waals surface area contributed by atoms with Crippen LogP contribution in [0, 0.1) is 5.92 Å². The average molecular weight is 358 g/mol. The number of nitrogens with zero attached hydrogens (tertiary/aromatic N) is 4. The minimum absolute atomic E-state index is 0.286. The van der Waals surface area contributed by atoms with Crippen molar-refractivity contribution in [1.29, 1.82) is 0 Å². The lowest BCUT2D eigenvalue weighted by Gasteiger charge is -2.33. The highest BCUT2D eigenvalue weighted by molar-refractivity contribution is 5.76. The zero-order valence-corrected chi connectivity index (χ0v) is 15.1. The first-order valence-corrected chi connectivity index (χ1v) is 9.57. The molecule has 4 rings (SSSR count). The molecule has 26 heavy (non-hydrogen) atoms. The molecule has 2 aliphatic heterocycles. The van der Waals surface area contributed by atoms with Gasteiger partial charge in [0.25, 0.3) is 0 Å². The number of ether oxygens (including phenoxy) is 1. The minimum atomic E-state index is 0.286. The summed E-state index contributed by atoms with van der Waals surface area (Å²) in [6, 6.07) is 6.11. The highest BCUT2D eigenvalue weighted by atomic mass is 16.6. The molecule has 1 aromatic heterocycles. The number of amides is 1. The van der Waals surface area contributed by atoms with E-state index in [-0.39, 0.29) is 5.91 Å². The van der Waals surface area contributed by atoms with Crippen LogP contribution in [0.5, 0.6) is 0 Å². The molecular weight excluding hydrogens is 332 g/mol. The van der Waals surface area contributed by atoms with Gasteiger partial charge in [-0.2, -0.15) is 0 Å². The van der Waals surface area contributed by atoms with Crippen molar-refractivity contribution >= 4 is 16.9 Å². The molecule has 2 aromatic rings. The minimum Gasteiger partial charge on any atom is -0.378 e. The summed E-state index contributed by atoms with van der Waals surface area (Å²) in [5.74, 6) is 0.889. The Morgan fingerprint density at radius 1 is 1.15 bits per heavy atom. The Bertz CT molecular complexity index is 741. The van der Waals surface area contributed by atoms with Crippen molar-refractivity contribution in [2.75, 3.05) is 39.4 Å². The Kier molecular flexibility index (Phi) is 5.45. The fourth-order valence-electron chi connectivity index (χ4n) is 4.01. The summed E-state index contributed by atoms with van der Waals surface area (Å²) in [4.78, 5) is 16.8. The second-order valence-electron chi connectivity index (χ2n) is 7.36. The van der Waals surface area contributed by atoms with Crippen LogP contribution in [0.1, 0.15) is 31.2 Å². The average Bonchev–Trinajstić information content (AvgIpc) is 3.15. The number of likely N-dealkylation sites (tertiary alicyclic amines) is 1. The molecule has 1 atom stereocenters. The number of fused-ring (bicyclic) bond motifs is 1. The zero-order valence-electron chi connectivity index (χ0n) is 15.1. The maximum Gasteiger partial charge on any atom is 0.222 e. The molecule has 2 saturated heterocycles. The van der Waals surface area contributed by atoms with E-state index in [1.165, 1.54) is 18.4 Å². The van der Waals surface area contributed by atoms with Crippen molar-refractivity contribution in [3.8, 4) is 0 Å². The van der Waals surface area contributed by atoms with E-state index in [4.69, 9.17) is 9.37 Å². The summed E-state index contributed by atoms with van der Waals surface area (Å²) >= 11 is 0. The van der Waals surface area contributed by atoms with E-state index in [9.17, 15) is 4.79 Å². The maximum absolute atomic E-state index is 12.3. The Morgan fingerprint density at radius 3 is 2.88 bits per heavy atom. The topological polar surface area (TPSA) is 71.7 Å². The van der Waals surface area contributed by atoms with Crippen molar-refractivity contribution in [2.24, 2.45) is 5.92 Å². The van der Waals surface area contributed by atoms with Gasteiger partial charge in [-0.3, -0.25) is 9.69 Å². The van der Waals surface area contributed by atoms with Crippen LogP contribution in [-0.4, -0.2) is 65.4 Å². The predicted octanol–water partition coefficient (Wildman–Crippen LogP) is 2.07. The van der Waals surface area contributed by atoms with Gasteiger partial charge in [-0.15, -0.1) is 0 Å². The number of benzene rings is 1. The van der Waals surface area contributed by atoms with E-state index in [0.717, 1.165) is 50.2 Å². The van der Waals surface area contributed by atoms with E-state index in [1.807, 2.05) is 11.0 Å². The zero-order chi connectivity index (χ0) is 17.8. The molecular formula is C19H26N4O3. The molecule has 2 aliphatic rings. The first kappa shape index (κ1) is 17.4. The van der Waals surface area contributed by atoms with Crippen LogP contribution in [-0.2, 0) is 16.1 Å². The molecule has 140 valence electrons. The first-order chi connectivity index (χ1) is 12.8. The Hall–Kier alpha value is -1.99. The lowest BCUT2D eigenvalue weighted by molar-refractivity contribution is -0.135. The number of aromatic nitrogens is 2. The monoisotopic (exact) mass is 358 g/mol. The molecule has 1 aromatic carbocycles. The summed E-state index contributed by atoms with van der Waals surface area (Å²) in [5.41, 5.74) is 2.84. The highest BCUT2D eigenvalue weighted by Crippen LogP contribution is 2.23.